The van der Waals surface area contributed by atoms with E-state index in [4.69, 9.17) is 34.8 Å². The van der Waals surface area contributed by atoms with Crippen molar-refractivity contribution in [1.29, 1.82) is 0 Å². The SMILES string of the molecule is CC[C@@H](C)NC(=O)[C@H](Cc1ccccc1)N(Cc1ccccc1Cl)C(=O)CN(c1ccc(Cl)c(Cl)c1)S(=O)(=O)c1ccccc1. The van der Waals surface area contributed by atoms with Crippen molar-refractivity contribution in [2.45, 2.75) is 50.2 Å². The molecular weight excluding hydrogens is 653 g/mol. The number of hydrogen-bond donors (Lipinski definition) is 1. The van der Waals surface area contributed by atoms with Gasteiger partial charge in [-0.2, -0.15) is 0 Å². The van der Waals surface area contributed by atoms with Gasteiger partial charge in [0, 0.05) is 24.0 Å². The van der Waals surface area contributed by atoms with E-state index >= 15 is 0 Å². The first-order chi connectivity index (χ1) is 21.5. The van der Waals surface area contributed by atoms with Crippen LogP contribution < -0.4 is 9.62 Å². The van der Waals surface area contributed by atoms with Crippen LogP contribution in [0.5, 0.6) is 0 Å². The van der Waals surface area contributed by atoms with Crippen LogP contribution in [-0.2, 0) is 32.6 Å². The normalized spacial score (nSPS) is 12.6. The number of carbonyl (C=O) groups excluding carboxylic acids is 2. The second-order valence-corrected chi connectivity index (χ2v) is 13.6. The molecule has 7 nitrogen and oxygen atoms in total. The topological polar surface area (TPSA) is 86.8 Å². The third-order valence-corrected chi connectivity index (χ3v) is 10.3. The molecule has 4 rings (SSSR count). The molecule has 0 aliphatic heterocycles. The van der Waals surface area contributed by atoms with Gasteiger partial charge in [-0.05, 0) is 60.9 Å². The van der Waals surface area contributed by atoms with Gasteiger partial charge >= 0.3 is 0 Å². The zero-order chi connectivity index (χ0) is 32.6. The Kier molecular flexibility index (Phi) is 11.9. The number of sulfonamides is 1. The highest BCUT2D eigenvalue weighted by Gasteiger charge is 2.35. The third-order valence-electron chi connectivity index (χ3n) is 7.37. The standard InChI is InChI=1S/C34H34Cl3N3O4S/c1-3-24(2)38-34(42)32(20-25-12-6-4-7-13-25)39(22-26-14-10-11-17-29(26)35)33(41)23-40(27-18-19-30(36)31(37)21-27)45(43,44)28-15-8-5-9-16-28/h4-19,21,24,32H,3,20,22-23H2,1-2H3,(H,38,42)/t24-,32+/m1/s1. The number of rotatable bonds is 13. The summed E-state index contributed by atoms with van der Waals surface area (Å²) >= 11 is 19.0. The minimum Gasteiger partial charge on any atom is -0.352 e. The Hall–Kier alpha value is -3.56. The van der Waals surface area contributed by atoms with Crippen LogP contribution in [0.2, 0.25) is 15.1 Å². The molecule has 0 aliphatic rings. The van der Waals surface area contributed by atoms with Crippen LogP contribution in [0.4, 0.5) is 5.69 Å². The molecule has 0 fully saturated rings. The van der Waals surface area contributed by atoms with E-state index in [2.05, 4.69) is 5.32 Å². The minimum atomic E-state index is -4.26. The first-order valence-corrected chi connectivity index (χ1v) is 17.0. The highest BCUT2D eigenvalue weighted by Crippen LogP contribution is 2.31. The number of halogens is 3. The second-order valence-electron chi connectivity index (χ2n) is 10.6. The molecule has 45 heavy (non-hydrogen) atoms. The largest absolute Gasteiger partial charge is 0.352 e. The van der Waals surface area contributed by atoms with Crippen molar-refractivity contribution in [2.75, 3.05) is 10.8 Å². The van der Waals surface area contributed by atoms with Crippen LogP contribution in [0.15, 0.2) is 108 Å². The maximum absolute atomic E-state index is 14.5. The zero-order valence-corrected chi connectivity index (χ0v) is 28.0. The predicted octanol–water partition coefficient (Wildman–Crippen LogP) is 7.40. The molecule has 0 unspecified atom stereocenters. The summed E-state index contributed by atoms with van der Waals surface area (Å²) in [6.07, 6.45) is 0.875. The first kappa shape index (κ1) is 34.3. The van der Waals surface area contributed by atoms with Gasteiger partial charge in [0.1, 0.15) is 12.6 Å². The minimum absolute atomic E-state index is 0.0168. The summed E-state index contributed by atoms with van der Waals surface area (Å²) in [5.41, 5.74) is 1.58. The van der Waals surface area contributed by atoms with Crippen molar-refractivity contribution in [1.82, 2.24) is 10.2 Å². The van der Waals surface area contributed by atoms with Gasteiger partial charge in [-0.3, -0.25) is 13.9 Å². The van der Waals surface area contributed by atoms with Crippen molar-refractivity contribution in [3.05, 3.63) is 129 Å². The number of amides is 2. The Morgan fingerprint density at radius 2 is 1.42 bits per heavy atom. The van der Waals surface area contributed by atoms with Crippen LogP contribution in [0.3, 0.4) is 0 Å². The van der Waals surface area contributed by atoms with Gasteiger partial charge in [-0.1, -0.05) is 108 Å². The van der Waals surface area contributed by atoms with E-state index in [0.29, 0.717) is 17.0 Å². The molecule has 0 heterocycles. The molecule has 0 bridgehead atoms. The van der Waals surface area contributed by atoms with Crippen molar-refractivity contribution < 1.29 is 18.0 Å². The molecule has 0 aromatic heterocycles. The molecule has 4 aromatic carbocycles. The number of nitrogens with zero attached hydrogens (tertiary/aromatic N) is 2. The van der Waals surface area contributed by atoms with Crippen molar-refractivity contribution in [2.24, 2.45) is 0 Å². The van der Waals surface area contributed by atoms with Crippen LogP contribution in [-0.4, -0.2) is 43.8 Å². The maximum atomic E-state index is 14.5. The summed E-state index contributed by atoms with van der Waals surface area (Å²) in [7, 11) is -4.26. The van der Waals surface area contributed by atoms with E-state index in [0.717, 1.165) is 9.87 Å². The lowest BCUT2D eigenvalue weighted by Crippen LogP contribution is -2.54. The van der Waals surface area contributed by atoms with Crippen molar-refractivity contribution in [3.63, 3.8) is 0 Å². The number of hydrogen-bond acceptors (Lipinski definition) is 4. The molecular formula is C34H34Cl3N3O4S. The Bertz CT molecular complexity index is 1720. The maximum Gasteiger partial charge on any atom is 0.264 e. The fraction of sp³-hybridized carbons (Fsp3) is 0.235. The third kappa shape index (κ3) is 8.79. The number of nitrogens with one attached hydrogen (secondary N) is 1. The summed E-state index contributed by atoms with van der Waals surface area (Å²) in [5, 5.41) is 3.78. The molecule has 0 saturated carbocycles. The number of carbonyl (C=O) groups is 2. The monoisotopic (exact) mass is 685 g/mol. The summed E-state index contributed by atoms with van der Waals surface area (Å²) in [4.78, 5) is 29.8. The lowest BCUT2D eigenvalue weighted by Gasteiger charge is -2.34. The lowest BCUT2D eigenvalue weighted by molar-refractivity contribution is -0.140. The van der Waals surface area contributed by atoms with Gasteiger partial charge in [0.05, 0.1) is 20.6 Å². The molecule has 0 radical (unpaired) electrons. The van der Waals surface area contributed by atoms with E-state index in [1.807, 2.05) is 44.2 Å². The van der Waals surface area contributed by atoms with Crippen LogP contribution in [0, 0.1) is 0 Å². The second kappa shape index (κ2) is 15.6. The number of benzene rings is 4. The molecule has 4 aromatic rings. The van der Waals surface area contributed by atoms with Gasteiger partial charge in [0.15, 0.2) is 0 Å². The van der Waals surface area contributed by atoms with Gasteiger partial charge in [0.25, 0.3) is 10.0 Å². The lowest BCUT2D eigenvalue weighted by atomic mass is 10.0. The average Bonchev–Trinajstić information content (AvgIpc) is 3.04. The summed E-state index contributed by atoms with van der Waals surface area (Å²) in [6, 6.07) is 27.4. The van der Waals surface area contributed by atoms with Gasteiger partial charge in [0.2, 0.25) is 11.8 Å². The molecule has 0 saturated heterocycles. The van der Waals surface area contributed by atoms with Gasteiger partial charge in [-0.15, -0.1) is 0 Å². The highest BCUT2D eigenvalue weighted by molar-refractivity contribution is 7.92. The summed E-state index contributed by atoms with van der Waals surface area (Å²) in [5.74, 6) is -0.971. The van der Waals surface area contributed by atoms with E-state index in [1.165, 1.54) is 35.2 Å². The highest BCUT2D eigenvalue weighted by atomic mass is 35.5. The van der Waals surface area contributed by atoms with E-state index < -0.39 is 28.5 Å². The predicted molar refractivity (Wildman–Crippen MR) is 181 cm³/mol. The van der Waals surface area contributed by atoms with E-state index in [1.54, 1.807) is 42.5 Å². The van der Waals surface area contributed by atoms with Crippen LogP contribution in [0.1, 0.15) is 31.4 Å². The van der Waals surface area contributed by atoms with E-state index in [9.17, 15) is 18.0 Å². The molecule has 2 amide bonds. The Morgan fingerprint density at radius 3 is 2.04 bits per heavy atom. The summed E-state index contributed by atoms with van der Waals surface area (Å²) in [6.45, 7) is 3.18. The first-order valence-electron chi connectivity index (χ1n) is 14.4. The Balaban J connectivity index is 1.83. The smallest absolute Gasteiger partial charge is 0.264 e. The Labute approximate surface area is 279 Å². The van der Waals surface area contributed by atoms with Crippen LogP contribution >= 0.6 is 34.8 Å². The molecule has 0 aliphatic carbocycles. The molecule has 2 atom stereocenters. The molecule has 236 valence electrons. The zero-order valence-electron chi connectivity index (χ0n) is 24.9. The van der Waals surface area contributed by atoms with E-state index in [-0.39, 0.29) is 45.5 Å². The quantitative estimate of drug-likeness (QED) is 0.159. The van der Waals surface area contributed by atoms with Gasteiger partial charge in [-0.25, -0.2) is 8.42 Å². The fourth-order valence-corrected chi connectivity index (χ4v) is 6.61. The molecule has 11 heteroatoms. The number of anilines is 1. The Morgan fingerprint density at radius 1 is 0.800 bits per heavy atom. The average molecular weight is 687 g/mol. The van der Waals surface area contributed by atoms with Crippen molar-refractivity contribution in [3.8, 4) is 0 Å². The molecule has 0 spiro atoms. The summed E-state index contributed by atoms with van der Waals surface area (Å²) < 4.78 is 29.1. The molecule has 1 N–H and O–H groups in total. The van der Waals surface area contributed by atoms with Crippen molar-refractivity contribution >= 4 is 62.3 Å². The van der Waals surface area contributed by atoms with Gasteiger partial charge < -0.3 is 10.2 Å². The fourth-order valence-electron chi connectivity index (χ4n) is 4.69. The van der Waals surface area contributed by atoms with Crippen LogP contribution in [0.25, 0.3) is 0 Å².